The molecule has 0 aliphatic carbocycles. The van der Waals surface area contributed by atoms with E-state index in [1.807, 2.05) is 0 Å². The zero-order chi connectivity index (χ0) is 24.2. The highest BCUT2D eigenvalue weighted by atomic mass is 16.2. The molecule has 1 aromatic heterocycles. The Labute approximate surface area is 202 Å². The first kappa shape index (κ1) is 26.2. The van der Waals surface area contributed by atoms with Gasteiger partial charge in [-0.3, -0.25) is 14.7 Å². The van der Waals surface area contributed by atoms with Crippen LogP contribution in [0, 0.1) is 17.3 Å². The molecule has 0 atom stereocenters. The minimum Gasteiger partial charge on any atom is -0.342 e. The largest absolute Gasteiger partial charge is 0.342 e. The molecule has 2 aliphatic heterocycles. The molecule has 5 heteroatoms. The molecule has 0 spiro atoms. The Hall–Kier alpha value is -1.46. The number of hydrogen-bond donors (Lipinski definition) is 0. The SMILES string of the molecule is CN(Cc1ccc(CC2CCN(C(=O)C3CCN(C(C)(C)C)CC3)CC2)nc1)CC(C)(C)C. The molecule has 0 unspecified atom stereocenters. The first-order chi connectivity index (χ1) is 15.4. The molecule has 2 aliphatic rings. The highest BCUT2D eigenvalue weighted by Crippen LogP contribution is 2.28. The van der Waals surface area contributed by atoms with Gasteiger partial charge >= 0.3 is 0 Å². The summed E-state index contributed by atoms with van der Waals surface area (Å²) in [6.45, 7) is 19.6. The van der Waals surface area contributed by atoms with Crippen LogP contribution < -0.4 is 0 Å². The van der Waals surface area contributed by atoms with Crippen LogP contribution in [0.1, 0.15) is 78.5 Å². The smallest absolute Gasteiger partial charge is 0.225 e. The molecule has 2 fully saturated rings. The van der Waals surface area contributed by atoms with Gasteiger partial charge in [-0.2, -0.15) is 0 Å². The third kappa shape index (κ3) is 8.06. The van der Waals surface area contributed by atoms with Crippen LogP contribution >= 0.6 is 0 Å². The van der Waals surface area contributed by atoms with Crippen molar-refractivity contribution < 1.29 is 4.79 Å². The van der Waals surface area contributed by atoms with Gasteiger partial charge in [0.1, 0.15) is 0 Å². The Morgan fingerprint density at radius 2 is 1.64 bits per heavy atom. The molecule has 33 heavy (non-hydrogen) atoms. The number of nitrogens with zero attached hydrogens (tertiary/aromatic N) is 4. The molecular weight excluding hydrogens is 408 g/mol. The molecule has 1 aromatic rings. The first-order valence-corrected chi connectivity index (χ1v) is 13.1. The second-order valence-electron chi connectivity index (χ2n) is 12.8. The molecule has 1 amide bonds. The second kappa shape index (κ2) is 10.9. The zero-order valence-electron chi connectivity index (χ0n) is 22.4. The fourth-order valence-corrected chi connectivity index (χ4v) is 5.56. The third-order valence-electron chi connectivity index (χ3n) is 7.30. The normalized spacial score (nSPS) is 19.9. The van der Waals surface area contributed by atoms with Crippen molar-refractivity contribution in [2.75, 3.05) is 39.8 Å². The fourth-order valence-electron chi connectivity index (χ4n) is 5.56. The summed E-state index contributed by atoms with van der Waals surface area (Å²) in [4.78, 5) is 24.9. The number of pyridine rings is 1. The summed E-state index contributed by atoms with van der Waals surface area (Å²) in [6.07, 6.45) is 7.31. The van der Waals surface area contributed by atoms with Gasteiger partial charge < -0.3 is 9.80 Å². The molecule has 5 nitrogen and oxygen atoms in total. The number of amides is 1. The van der Waals surface area contributed by atoms with Gasteiger partial charge in [0.2, 0.25) is 5.91 Å². The van der Waals surface area contributed by atoms with Gasteiger partial charge in [-0.05, 0) is 96.0 Å². The van der Waals surface area contributed by atoms with Crippen LogP contribution in [0.15, 0.2) is 18.3 Å². The average molecular weight is 457 g/mol. The van der Waals surface area contributed by atoms with E-state index in [1.165, 1.54) is 11.3 Å². The van der Waals surface area contributed by atoms with E-state index in [4.69, 9.17) is 4.98 Å². The van der Waals surface area contributed by atoms with Crippen LogP contribution in [0.4, 0.5) is 0 Å². The lowest BCUT2D eigenvalue weighted by molar-refractivity contribution is -0.139. The van der Waals surface area contributed by atoms with Crippen molar-refractivity contribution in [3.8, 4) is 0 Å². The van der Waals surface area contributed by atoms with Crippen molar-refractivity contribution in [1.82, 2.24) is 19.7 Å². The fraction of sp³-hybridized carbons (Fsp3) is 0.786. The minimum absolute atomic E-state index is 0.209. The monoisotopic (exact) mass is 456 g/mol. The van der Waals surface area contributed by atoms with Crippen LogP contribution in [0.3, 0.4) is 0 Å². The predicted molar refractivity (Wildman–Crippen MR) is 137 cm³/mol. The zero-order valence-corrected chi connectivity index (χ0v) is 22.4. The van der Waals surface area contributed by atoms with Gasteiger partial charge in [0.05, 0.1) is 0 Å². The van der Waals surface area contributed by atoms with Crippen molar-refractivity contribution in [2.45, 2.75) is 85.7 Å². The van der Waals surface area contributed by atoms with Crippen molar-refractivity contribution in [3.63, 3.8) is 0 Å². The number of likely N-dealkylation sites (tertiary alicyclic amines) is 2. The van der Waals surface area contributed by atoms with Gasteiger partial charge in [0, 0.05) is 49.5 Å². The summed E-state index contributed by atoms with van der Waals surface area (Å²) in [5.74, 6) is 1.27. The predicted octanol–water partition coefficient (Wildman–Crippen LogP) is 4.85. The minimum atomic E-state index is 0.209. The quantitative estimate of drug-likeness (QED) is 0.613. The van der Waals surface area contributed by atoms with Gasteiger partial charge in [0.15, 0.2) is 0 Å². The molecule has 0 saturated carbocycles. The molecule has 0 aromatic carbocycles. The Morgan fingerprint density at radius 1 is 1.00 bits per heavy atom. The maximum atomic E-state index is 13.1. The Kier molecular flexibility index (Phi) is 8.60. The Morgan fingerprint density at radius 3 is 2.15 bits per heavy atom. The van der Waals surface area contributed by atoms with E-state index >= 15 is 0 Å². The lowest BCUT2D eigenvalue weighted by atomic mass is 9.89. The maximum absolute atomic E-state index is 13.1. The average Bonchev–Trinajstić information content (AvgIpc) is 2.73. The van der Waals surface area contributed by atoms with Gasteiger partial charge in [-0.15, -0.1) is 0 Å². The van der Waals surface area contributed by atoms with E-state index in [-0.39, 0.29) is 11.5 Å². The first-order valence-electron chi connectivity index (χ1n) is 13.1. The lowest BCUT2D eigenvalue weighted by Gasteiger charge is -2.42. The summed E-state index contributed by atoms with van der Waals surface area (Å²) in [5, 5.41) is 0. The standard InChI is InChI=1S/C28H48N4O/c1-27(2,3)21-30(7)20-23-8-9-25(29-19-23)18-22-10-14-31(15-11-22)26(33)24-12-16-32(17-13-24)28(4,5)6/h8-9,19,22,24H,10-18,20-21H2,1-7H3. The van der Waals surface area contributed by atoms with Crippen molar-refractivity contribution in [1.29, 1.82) is 0 Å². The highest BCUT2D eigenvalue weighted by Gasteiger charge is 2.33. The Balaban J connectivity index is 1.41. The third-order valence-corrected chi connectivity index (χ3v) is 7.30. The number of rotatable bonds is 6. The molecule has 0 radical (unpaired) electrons. The van der Waals surface area contributed by atoms with Gasteiger partial charge in [0.25, 0.3) is 0 Å². The summed E-state index contributed by atoms with van der Waals surface area (Å²) >= 11 is 0. The van der Waals surface area contributed by atoms with Crippen molar-refractivity contribution in [2.24, 2.45) is 17.3 Å². The molecular formula is C28H48N4O. The Bertz CT molecular complexity index is 746. The summed E-state index contributed by atoms with van der Waals surface area (Å²) in [5.41, 5.74) is 2.99. The van der Waals surface area contributed by atoms with Crippen LogP contribution in [0.2, 0.25) is 0 Å². The van der Waals surface area contributed by atoms with E-state index < -0.39 is 0 Å². The summed E-state index contributed by atoms with van der Waals surface area (Å²) in [6, 6.07) is 4.45. The van der Waals surface area contributed by atoms with Gasteiger partial charge in [-0.25, -0.2) is 0 Å². The van der Waals surface area contributed by atoms with E-state index in [0.29, 0.717) is 17.2 Å². The van der Waals surface area contributed by atoms with Crippen LogP contribution in [0.25, 0.3) is 0 Å². The van der Waals surface area contributed by atoms with E-state index in [9.17, 15) is 4.79 Å². The molecule has 0 bridgehead atoms. The van der Waals surface area contributed by atoms with E-state index in [0.717, 1.165) is 71.4 Å². The summed E-state index contributed by atoms with van der Waals surface area (Å²) < 4.78 is 0. The topological polar surface area (TPSA) is 39.7 Å². The number of carbonyl (C=O) groups is 1. The number of carbonyl (C=O) groups excluding carboxylic acids is 1. The molecule has 3 rings (SSSR count). The van der Waals surface area contributed by atoms with Crippen molar-refractivity contribution >= 4 is 5.91 Å². The van der Waals surface area contributed by atoms with Crippen LogP contribution in [-0.2, 0) is 17.8 Å². The second-order valence-corrected chi connectivity index (χ2v) is 12.8. The number of aromatic nitrogens is 1. The molecule has 0 N–H and O–H groups in total. The van der Waals surface area contributed by atoms with E-state index in [1.54, 1.807) is 0 Å². The van der Waals surface area contributed by atoms with Gasteiger partial charge in [-0.1, -0.05) is 26.8 Å². The molecule has 3 heterocycles. The number of hydrogen-bond acceptors (Lipinski definition) is 4. The van der Waals surface area contributed by atoms with Crippen molar-refractivity contribution in [3.05, 3.63) is 29.6 Å². The maximum Gasteiger partial charge on any atom is 0.225 e. The van der Waals surface area contributed by atoms with Crippen LogP contribution in [0.5, 0.6) is 0 Å². The molecule has 186 valence electrons. The lowest BCUT2D eigenvalue weighted by Crippen LogP contribution is -2.50. The van der Waals surface area contributed by atoms with Crippen LogP contribution in [-0.4, -0.2) is 70.9 Å². The molecule has 2 saturated heterocycles. The van der Waals surface area contributed by atoms with E-state index in [2.05, 4.69) is 81.6 Å². The number of piperidine rings is 2. The summed E-state index contributed by atoms with van der Waals surface area (Å²) in [7, 11) is 2.18. The highest BCUT2D eigenvalue weighted by molar-refractivity contribution is 5.79.